The molecule has 2 fully saturated rings. The Bertz CT molecular complexity index is 212. The molecular formula is C13H26N2O. The molecule has 2 saturated heterocycles. The molecule has 0 aromatic heterocycles. The van der Waals surface area contributed by atoms with Crippen LogP contribution in [0.5, 0.6) is 0 Å². The molecule has 0 aromatic rings. The molecule has 3 heteroatoms. The van der Waals surface area contributed by atoms with Gasteiger partial charge in [-0.3, -0.25) is 4.90 Å². The number of rotatable bonds is 4. The summed E-state index contributed by atoms with van der Waals surface area (Å²) in [6.07, 6.45) is 5.65. The maximum atomic E-state index is 5.66. The number of nitrogens with one attached hydrogen (secondary N) is 1. The highest BCUT2D eigenvalue weighted by Gasteiger charge is 2.29. The van der Waals surface area contributed by atoms with Crippen molar-refractivity contribution in [2.24, 2.45) is 0 Å². The maximum absolute atomic E-state index is 5.66. The van der Waals surface area contributed by atoms with Crippen molar-refractivity contribution in [1.82, 2.24) is 10.2 Å². The fourth-order valence-corrected chi connectivity index (χ4v) is 2.82. The Balaban J connectivity index is 1.67. The van der Waals surface area contributed by atoms with Crippen LogP contribution in [0.4, 0.5) is 0 Å². The Kier molecular flexibility index (Phi) is 4.22. The molecule has 2 aliphatic heterocycles. The van der Waals surface area contributed by atoms with E-state index in [9.17, 15) is 0 Å². The highest BCUT2D eigenvalue weighted by atomic mass is 16.5. The van der Waals surface area contributed by atoms with E-state index in [1.807, 2.05) is 0 Å². The van der Waals surface area contributed by atoms with Gasteiger partial charge in [0.25, 0.3) is 0 Å². The van der Waals surface area contributed by atoms with E-state index in [2.05, 4.69) is 24.1 Å². The van der Waals surface area contributed by atoms with E-state index in [0.29, 0.717) is 11.6 Å². The van der Waals surface area contributed by atoms with Crippen molar-refractivity contribution in [2.45, 2.75) is 51.2 Å². The molecule has 16 heavy (non-hydrogen) atoms. The Morgan fingerprint density at radius 3 is 3.00 bits per heavy atom. The van der Waals surface area contributed by atoms with Crippen molar-refractivity contribution >= 4 is 0 Å². The van der Waals surface area contributed by atoms with E-state index in [4.69, 9.17) is 4.74 Å². The third-order valence-corrected chi connectivity index (χ3v) is 3.95. The van der Waals surface area contributed by atoms with Crippen LogP contribution >= 0.6 is 0 Å². The van der Waals surface area contributed by atoms with Gasteiger partial charge in [0.05, 0.1) is 6.10 Å². The molecule has 1 atom stereocenters. The quantitative estimate of drug-likeness (QED) is 0.788. The van der Waals surface area contributed by atoms with Crippen molar-refractivity contribution < 1.29 is 4.74 Å². The third-order valence-electron chi connectivity index (χ3n) is 3.95. The lowest BCUT2D eigenvalue weighted by Crippen LogP contribution is -2.58. The lowest BCUT2D eigenvalue weighted by atomic mass is 9.99. The standard InChI is InChI=1S/C13H26N2O/c1-13(2)11-14-7-9-15(13)8-3-5-12-6-4-10-16-12/h12,14H,3-11H2,1-2H3. The predicted octanol–water partition coefficient (Wildman–Crippen LogP) is 1.63. The van der Waals surface area contributed by atoms with Crippen molar-refractivity contribution in [3.05, 3.63) is 0 Å². The number of ether oxygens (including phenoxy) is 1. The molecule has 1 N–H and O–H groups in total. The minimum absolute atomic E-state index is 0.328. The zero-order valence-electron chi connectivity index (χ0n) is 10.8. The van der Waals surface area contributed by atoms with Crippen LogP contribution in [0.25, 0.3) is 0 Å². The topological polar surface area (TPSA) is 24.5 Å². The first-order valence-corrected chi connectivity index (χ1v) is 6.76. The molecule has 0 amide bonds. The van der Waals surface area contributed by atoms with E-state index in [1.165, 1.54) is 38.8 Å². The van der Waals surface area contributed by atoms with Crippen molar-refractivity contribution in [2.75, 3.05) is 32.8 Å². The fraction of sp³-hybridized carbons (Fsp3) is 1.00. The third kappa shape index (κ3) is 3.19. The maximum Gasteiger partial charge on any atom is 0.0576 e. The normalized spacial score (nSPS) is 30.8. The fourth-order valence-electron chi connectivity index (χ4n) is 2.82. The van der Waals surface area contributed by atoms with Gasteiger partial charge in [0.1, 0.15) is 0 Å². The van der Waals surface area contributed by atoms with Crippen LogP contribution in [0.2, 0.25) is 0 Å². The predicted molar refractivity (Wildman–Crippen MR) is 66.7 cm³/mol. The molecular weight excluding hydrogens is 200 g/mol. The second kappa shape index (κ2) is 5.48. The second-order valence-electron chi connectivity index (χ2n) is 5.75. The van der Waals surface area contributed by atoms with E-state index >= 15 is 0 Å². The first-order chi connectivity index (χ1) is 7.68. The zero-order chi connectivity index (χ0) is 11.4. The molecule has 0 saturated carbocycles. The number of hydrogen-bond donors (Lipinski definition) is 1. The molecule has 1 unspecified atom stereocenters. The number of piperazine rings is 1. The van der Waals surface area contributed by atoms with Crippen molar-refractivity contribution in [1.29, 1.82) is 0 Å². The van der Waals surface area contributed by atoms with Gasteiger partial charge in [-0.05, 0) is 46.1 Å². The summed E-state index contributed by atoms with van der Waals surface area (Å²) in [7, 11) is 0. The van der Waals surface area contributed by atoms with E-state index in [0.717, 1.165) is 19.7 Å². The summed E-state index contributed by atoms with van der Waals surface area (Å²) in [5, 5.41) is 3.47. The van der Waals surface area contributed by atoms with E-state index < -0.39 is 0 Å². The minimum atomic E-state index is 0.328. The summed E-state index contributed by atoms with van der Waals surface area (Å²) in [6.45, 7) is 10.4. The average Bonchev–Trinajstić information content (AvgIpc) is 2.73. The van der Waals surface area contributed by atoms with Gasteiger partial charge in [0.2, 0.25) is 0 Å². The molecule has 94 valence electrons. The van der Waals surface area contributed by atoms with E-state index in [-0.39, 0.29) is 0 Å². The Hall–Kier alpha value is -0.120. The summed E-state index contributed by atoms with van der Waals surface area (Å²) in [5.41, 5.74) is 0.328. The Labute approximate surface area is 99.5 Å². The van der Waals surface area contributed by atoms with Crippen LogP contribution in [0.15, 0.2) is 0 Å². The number of nitrogens with zero attached hydrogens (tertiary/aromatic N) is 1. The van der Waals surface area contributed by atoms with Crippen LogP contribution in [-0.4, -0.2) is 49.3 Å². The van der Waals surface area contributed by atoms with Gasteiger partial charge in [-0.1, -0.05) is 0 Å². The minimum Gasteiger partial charge on any atom is -0.378 e. The zero-order valence-corrected chi connectivity index (χ0v) is 10.8. The highest BCUT2D eigenvalue weighted by Crippen LogP contribution is 2.20. The summed E-state index contributed by atoms with van der Waals surface area (Å²) in [6, 6.07) is 0. The van der Waals surface area contributed by atoms with Crippen molar-refractivity contribution in [3.63, 3.8) is 0 Å². The van der Waals surface area contributed by atoms with Crippen LogP contribution in [0.1, 0.15) is 39.5 Å². The molecule has 3 nitrogen and oxygen atoms in total. The lowest BCUT2D eigenvalue weighted by Gasteiger charge is -2.43. The van der Waals surface area contributed by atoms with Gasteiger partial charge in [-0.15, -0.1) is 0 Å². The first-order valence-electron chi connectivity index (χ1n) is 6.76. The van der Waals surface area contributed by atoms with Crippen LogP contribution in [0.3, 0.4) is 0 Å². The Morgan fingerprint density at radius 1 is 1.44 bits per heavy atom. The monoisotopic (exact) mass is 226 g/mol. The van der Waals surface area contributed by atoms with Crippen LogP contribution < -0.4 is 5.32 Å². The van der Waals surface area contributed by atoms with Crippen molar-refractivity contribution in [3.8, 4) is 0 Å². The van der Waals surface area contributed by atoms with Gasteiger partial charge >= 0.3 is 0 Å². The number of hydrogen-bond acceptors (Lipinski definition) is 3. The van der Waals surface area contributed by atoms with Crippen LogP contribution in [-0.2, 0) is 4.74 Å². The summed E-state index contributed by atoms with van der Waals surface area (Å²) in [4.78, 5) is 2.62. The van der Waals surface area contributed by atoms with E-state index in [1.54, 1.807) is 0 Å². The largest absolute Gasteiger partial charge is 0.378 e. The second-order valence-corrected chi connectivity index (χ2v) is 5.75. The average molecular weight is 226 g/mol. The molecule has 2 heterocycles. The molecule has 2 rings (SSSR count). The van der Waals surface area contributed by atoms with Gasteiger partial charge < -0.3 is 10.1 Å². The molecule has 0 radical (unpaired) electrons. The van der Waals surface area contributed by atoms with Gasteiger partial charge in [-0.25, -0.2) is 0 Å². The Morgan fingerprint density at radius 2 is 2.31 bits per heavy atom. The first kappa shape index (κ1) is 12.3. The smallest absolute Gasteiger partial charge is 0.0576 e. The van der Waals surface area contributed by atoms with Gasteiger partial charge in [0, 0.05) is 31.8 Å². The van der Waals surface area contributed by atoms with Gasteiger partial charge in [0.15, 0.2) is 0 Å². The molecule has 2 aliphatic rings. The molecule has 0 bridgehead atoms. The highest BCUT2D eigenvalue weighted by molar-refractivity contribution is 4.88. The lowest BCUT2D eigenvalue weighted by molar-refractivity contribution is 0.0710. The summed E-state index contributed by atoms with van der Waals surface area (Å²) < 4.78 is 5.66. The van der Waals surface area contributed by atoms with Crippen LogP contribution in [0, 0.1) is 0 Å². The summed E-state index contributed by atoms with van der Waals surface area (Å²) in [5.74, 6) is 0. The van der Waals surface area contributed by atoms with Gasteiger partial charge in [-0.2, -0.15) is 0 Å². The summed E-state index contributed by atoms with van der Waals surface area (Å²) >= 11 is 0. The molecule has 0 spiro atoms. The molecule has 0 aromatic carbocycles. The molecule has 0 aliphatic carbocycles. The SMILES string of the molecule is CC1(C)CNCCN1CCCC1CCCO1.